The molecular formula is C20H25BrN4O. The third kappa shape index (κ3) is 4.69. The van der Waals surface area contributed by atoms with Crippen molar-refractivity contribution in [2.24, 2.45) is 4.99 Å². The number of halogens is 1. The number of anilines is 1. The van der Waals surface area contributed by atoms with Gasteiger partial charge < -0.3 is 20.3 Å². The minimum Gasteiger partial charge on any atom is -0.496 e. The number of nitrogens with one attached hydrogen (secondary N) is 2. The summed E-state index contributed by atoms with van der Waals surface area (Å²) in [6.07, 6.45) is 1.10. The third-order valence-electron chi connectivity index (χ3n) is 4.55. The van der Waals surface area contributed by atoms with E-state index in [4.69, 9.17) is 4.74 Å². The summed E-state index contributed by atoms with van der Waals surface area (Å²) in [6.45, 7) is 2.75. The number of rotatable bonds is 5. The van der Waals surface area contributed by atoms with Crippen molar-refractivity contribution in [1.29, 1.82) is 0 Å². The van der Waals surface area contributed by atoms with E-state index in [-0.39, 0.29) is 0 Å². The van der Waals surface area contributed by atoms with Crippen LogP contribution in [0, 0.1) is 0 Å². The first-order valence-electron chi connectivity index (χ1n) is 8.79. The Balaban J connectivity index is 1.52. The van der Waals surface area contributed by atoms with Crippen molar-refractivity contribution in [3.8, 4) is 5.75 Å². The van der Waals surface area contributed by atoms with Crippen LogP contribution in [0.25, 0.3) is 0 Å². The fraction of sp³-hybridized carbons (Fsp3) is 0.350. The molecule has 1 unspecified atom stereocenters. The number of benzene rings is 2. The second kappa shape index (κ2) is 8.94. The molecule has 0 aliphatic carbocycles. The standard InChI is InChI=1S/C20H25BrN4O/c1-22-20(23-13-15-8-9-19(26-2)18(21)12-15)24-16-10-11-25(14-16)17-6-4-3-5-7-17/h3-9,12,16H,10-11,13-14H2,1-2H3,(H2,22,23,24). The number of para-hydroxylation sites is 1. The average molecular weight is 417 g/mol. The monoisotopic (exact) mass is 416 g/mol. The topological polar surface area (TPSA) is 48.9 Å². The van der Waals surface area contributed by atoms with Gasteiger partial charge in [0.1, 0.15) is 5.75 Å². The average Bonchev–Trinajstić information content (AvgIpc) is 3.14. The summed E-state index contributed by atoms with van der Waals surface area (Å²) in [7, 11) is 3.48. The third-order valence-corrected chi connectivity index (χ3v) is 5.17. The molecule has 0 saturated carbocycles. The highest BCUT2D eigenvalue weighted by atomic mass is 79.9. The molecule has 26 heavy (non-hydrogen) atoms. The zero-order valence-corrected chi connectivity index (χ0v) is 16.8. The molecule has 1 atom stereocenters. The van der Waals surface area contributed by atoms with Gasteiger partial charge in [-0.25, -0.2) is 0 Å². The van der Waals surface area contributed by atoms with Gasteiger partial charge in [-0.3, -0.25) is 4.99 Å². The van der Waals surface area contributed by atoms with Crippen LogP contribution in [0.4, 0.5) is 5.69 Å². The smallest absolute Gasteiger partial charge is 0.191 e. The van der Waals surface area contributed by atoms with Crippen molar-refractivity contribution in [2.75, 3.05) is 32.1 Å². The molecule has 1 fully saturated rings. The Morgan fingerprint density at radius 3 is 2.77 bits per heavy atom. The maximum atomic E-state index is 5.27. The quantitative estimate of drug-likeness (QED) is 0.579. The number of methoxy groups -OCH3 is 1. The molecule has 0 radical (unpaired) electrons. The molecule has 138 valence electrons. The fourth-order valence-electron chi connectivity index (χ4n) is 3.15. The highest BCUT2D eigenvalue weighted by Gasteiger charge is 2.23. The van der Waals surface area contributed by atoms with Crippen molar-refractivity contribution in [3.05, 3.63) is 58.6 Å². The lowest BCUT2D eigenvalue weighted by molar-refractivity contribution is 0.412. The van der Waals surface area contributed by atoms with E-state index in [1.54, 1.807) is 7.11 Å². The van der Waals surface area contributed by atoms with E-state index in [1.807, 2.05) is 13.1 Å². The summed E-state index contributed by atoms with van der Waals surface area (Å²) in [5.41, 5.74) is 2.45. The van der Waals surface area contributed by atoms with E-state index in [0.29, 0.717) is 12.6 Å². The molecule has 0 amide bonds. The number of ether oxygens (including phenoxy) is 1. The Labute approximate surface area is 163 Å². The molecule has 1 aliphatic heterocycles. The first kappa shape index (κ1) is 18.6. The van der Waals surface area contributed by atoms with Gasteiger partial charge in [-0.1, -0.05) is 24.3 Å². The number of hydrogen-bond acceptors (Lipinski definition) is 3. The Morgan fingerprint density at radius 1 is 1.27 bits per heavy atom. The molecule has 6 heteroatoms. The van der Waals surface area contributed by atoms with E-state index in [9.17, 15) is 0 Å². The Morgan fingerprint density at radius 2 is 2.08 bits per heavy atom. The van der Waals surface area contributed by atoms with E-state index in [1.165, 1.54) is 5.69 Å². The molecular weight excluding hydrogens is 392 g/mol. The molecule has 0 spiro atoms. The van der Waals surface area contributed by atoms with Gasteiger partial charge in [0.25, 0.3) is 0 Å². The number of nitrogens with zero attached hydrogens (tertiary/aromatic N) is 2. The Kier molecular flexibility index (Phi) is 6.39. The summed E-state index contributed by atoms with van der Waals surface area (Å²) in [5.74, 6) is 1.67. The second-order valence-corrected chi connectivity index (χ2v) is 7.16. The van der Waals surface area contributed by atoms with Crippen LogP contribution in [0.5, 0.6) is 5.75 Å². The molecule has 2 aromatic carbocycles. The molecule has 3 rings (SSSR count). The summed E-state index contributed by atoms with van der Waals surface area (Å²) in [5, 5.41) is 6.92. The highest BCUT2D eigenvalue weighted by Crippen LogP contribution is 2.25. The Bertz CT molecular complexity index is 751. The largest absolute Gasteiger partial charge is 0.496 e. The molecule has 5 nitrogen and oxygen atoms in total. The SMILES string of the molecule is CN=C(NCc1ccc(OC)c(Br)c1)NC1CCN(c2ccccc2)C1. The van der Waals surface area contributed by atoms with Crippen molar-refractivity contribution < 1.29 is 4.74 Å². The van der Waals surface area contributed by atoms with Crippen LogP contribution >= 0.6 is 15.9 Å². The Hall–Kier alpha value is -2.21. The van der Waals surface area contributed by atoms with E-state index in [0.717, 1.165) is 41.3 Å². The van der Waals surface area contributed by atoms with Crippen LogP contribution in [0.3, 0.4) is 0 Å². The van der Waals surface area contributed by atoms with E-state index < -0.39 is 0 Å². The number of aliphatic imine (C=N–C) groups is 1. The maximum Gasteiger partial charge on any atom is 0.191 e. The van der Waals surface area contributed by atoms with Crippen LogP contribution in [-0.4, -0.2) is 39.2 Å². The van der Waals surface area contributed by atoms with Gasteiger partial charge in [0, 0.05) is 38.4 Å². The van der Waals surface area contributed by atoms with Crippen LogP contribution in [0.1, 0.15) is 12.0 Å². The van der Waals surface area contributed by atoms with Gasteiger partial charge in [0.05, 0.1) is 11.6 Å². The van der Waals surface area contributed by atoms with Gasteiger partial charge in [0.2, 0.25) is 0 Å². The van der Waals surface area contributed by atoms with Crippen LogP contribution in [0.15, 0.2) is 58.0 Å². The molecule has 1 heterocycles. The molecule has 2 aromatic rings. The van der Waals surface area contributed by atoms with Gasteiger partial charge in [-0.05, 0) is 52.2 Å². The van der Waals surface area contributed by atoms with Gasteiger partial charge in [0.15, 0.2) is 5.96 Å². The minimum absolute atomic E-state index is 0.393. The zero-order valence-electron chi connectivity index (χ0n) is 15.2. The van der Waals surface area contributed by atoms with Crippen LogP contribution < -0.4 is 20.3 Å². The highest BCUT2D eigenvalue weighted by molar-refractivity contribution is 9.10. The first-order chi connectivity index (χ1) is 12.7. The predicted octanol–water partition coefficient (Wildman–Crippen LogP) is 3.40. The van der Waals surface area contributed by atoms with Gasteiger partial charge in [-0.15, -0.1) is 0 Å². The first-order valence-corrected chi connectivity index (χ1v) is 9.58. The van der Waals surface area contributed by atoms with Crippen molar-refractivity contribution in [3.63, 3.8) is 0 Å². The van der Waals surface area contributed by atoms with Crippen molar-refractivity contribution >= 4 is 27.6 Å². The zero-order chi connectivity index (χ0) is 18.4. The lowest BCUT2D eigenvalue weighted by atomic mass is 10.2. The summed E-state index contributed by atoms with van der Waals surface area (Å²) < 4.78 is 6.23. The molecule has 0 bridgehead atoms. The fourth-order valence-corrected chi connectivity index (χ4v) is 3.73. The predicted molar refractivity (Wildman–Crippen MR) is 111 cm³/mol. The van der Waals surface area contributed by atoms with Crippen LogP contribution in [0.2, 0.25) is 0 Å². The number of hydrogen-bond donors (Lipinski definition) is 2. The van der Waals surface area contributed by atoms with E-state index >= 15 is 0 Å². The lowest BCUT2D eigenvalue weighted by Crippen LogP contribution is -2.44. The number of guanidine groups is 1. The van der Waals surface area contributed by atoms with Crippen molar-refractivity contribution in [2.45, 2.75) is 19.0 Å². The van der Waals surface area contributed by atoms with Gasteiger partial charge >= 0.3 is 0 Å². The lowest BCUT2D eigenvalue weighted by Gasteiger charge is -2.20. The minimum atomic E-state index is 0.393. The normalized spacial score (nSPS) is 17.3. The molecule has 1 aliphatic rings. The second-order valence-electron chi connectivity index (χ2n) is 6.31. The molecule has 1 saturated heterocycles. The summed E-state index contributed by atoms with van der Waals surface area (Å²) in [4.78, 5) is 6.77. The van der Waals surface area contributed by atoms with E-state index in [2.05, 4.69) is 78.9 Å². The summed E-state index contributed by atoms with van der Waals surface area (Å²) in [6, 6.07) is 17.0. The maximum absolute atomic E-state index is 5.27. The molecule has 0 aromatic heterocycles. The van der Waals surface area contributed by atoms with Crippen molar-refractivity contribution in [1.82, 2.24) is 10.6 Å². The van der Waals surface area contributed by atoms with Gasteiger partial charge in [-0.2, -0.15) is 0 Å². The molecule has 2 N–H and O–H groups in total. The summed E-state index contributed by atoms with van der Waals surface area (Å²) >= 11 is 3.53. The van der Waals surface area contributed by atoms with Crippen LogP contribution in [-0.2, 0) is 6.54 Å².